The molecule has 0 aliphatic heterocycles. The van der Waals surface area contributed by atoms with E-state index in [9.17, 15) is 0 Å². The van der Waals surface area contributed by atoms with E-state index in [0.29, 0.717) is 21.4 Å². The maximum absolute atomic E-state index is 5.97. The molecule has 2 rings (SSSR count). The molecule has 0 saturated heterocycles. The molecule has 0 fully saturated rings. The standard InChI is InChI=1S/C10H6Cl2N2.Cu/c11-7-3-1-5-13-9(7)10-8(12)4-2-6-14-10;/h1-6H;/q;+2. The van der Waals surface area contributed by atoms with Crippen LogP contribution >= 0.6 is 23.2 Å². The van der Waals surface area contributed by atoms with Crippen molar-refractivity contribution < 1.29 is 17.1 Å². The zero-order valence-electron chi connectivity index (χ0n) is 7.42. The quantitative estimate of drug-likeness (QED) is 0.751. The molecule has 0 aliphatic rings. The van der Waals surface area contributed by atoms with Crippen LogP contribution in [0.5, 0.6) is 0 Å². The smallest absolute Gasteiger partial charge is 0.253 e. The average Bonchev–Trinajstić information content (AvgIpc) is 2.20. The van der Waals surface area contributed by atoms with Crippen molar-refractivity contribution in [1.82, 2.24) is 9.97 Å². The van der Waals surface area contributed by atoms with Gasteiger partial charge < -0.3 is 0 Å². The Morgan fingerprint density at radius 3 is 1.53 bits per heavy atom. The van der Waals surface area contributed by atoms with Gasteiger partial charge in [-0.25, -0.2) is 0 Å². The number of rotatable bonds is 1. The summed E-state index contributed by atoms with van der Waals surface area (Å²) in [6.07, 6.45) is 3.32. The van der Waals surface area contributed by atoms with Crippen LogP contribution in [0.2, 0.25) is 10.0 Å². The fraction of sp³-hybridized carbons (Fsp3) is 0. The van der Waals surface area contributed by atoms with Gasteiger partial charge >= 0.3 is 17.1 Å². The summed E-state index contributed by atoms with van der Waals surface area (Å²) in [5.74, 6) is 0. The first kappa shape index (κ1) is 12.5. The van der Waals surface area contributed by atoms with Gasteiger partial charge in [-0.05, 0) is 24.3 Å². The molecule has 5 heteroatoms. The fourth-order valence-electron chi connectivity index (χ4n) is 1.12. The van der Waals surface area contributed by atoms with Gasteiger partial charge in [0.15, 0.2) is 0 Å². The first-order chi connectivity index (χ1) is 6.79. The summed E-state index contributed by atoms with van der Waals surface area (Å²) in [5, 5.41) is 1.10. The second kappa shape index (κ2) is 5.47. The maximum atomic E-state index is 5.97. The Kier molecular flexibility index (Phi) is 4.55. The molecule has 1 radical (unpaired) electrons. The molecule has 0 amide bonds. The third kappa shape index (κ3) is 2.70. The van der Waals surface area contributed by atoms with Gasteiger partial charge in [-0.1, -0.05) is 23.2 Å². The molecule has 0 unspecified atom stereocenters. The van der Waals surface area contributed by atoms with Crippen LogP contribution in [0, 0.1) is 0 Å². The van der Waals surface area contributed by atoms with Crippen LogP contribution < -0.4 is 0 Å². The molecule has 0 spiro atoms. The normalized spacial score (nSPS) is 9.47. The summed E-state index contributed by atoms with van der Waals surface area (Å²) in [6.45, 7) is 0. The summed E-state index contributed by atoms with van der Waals surface area (Å²) in [6, 6.07) is 7.05. The van der Waals surface area contributed by atoms with Crippen LogP contribution in [0.25, 0.3) is 11.4 Å². The Labute approximate surface area is 108 Å². The van der Waals surface area contributed by atoms with E-state index in [1.54, 1.807) is 36.7 Å². The van der Waals surface area contributed by atoms with Crippen LogP contribution in [0.3, 0.4) is 0 Å². The summed E-state index contributed by atoms with van der Waals surface area (Å²) in [7, 11) is 0. The molecular weight excluding hydrogens is 283 g/mol. The average molecular weight is 289 g/mol. The molecule has 2 heterocycles. The van der Waals surface area contributed by atoms with Crippen molar-refractivity contribution in [2.24, 2.45) is 0 Å². The fourth-order valence-corrected chi connectivity index (χ4v) is 1.54. The van der Waals surface area contributed by atoms with Crippen molar-refractivity contribution in [3.8, 4) is 11.4 Å². The largest absolute Gasteiger partial charge is 2.00 e. The molecular formula is C10H6Cl2CuN2+2. The number of halogens is 2. The molecule has 0 aromatic carbocycles. The summed E-state index contributed by atoms with van der Waals surface area (Å²) < 4.78 is 0. The third-order valence-electron chi connectivity index (χ3n) is 1.74. The molecule has 0 bridgehead atoms. The number of aromatic nitrogens is 2. The van der Waals surface area contributed by atoms with E-state index in [2.05, 4.69) is 9.97 Å². The molecule has 0 aliphatic carbocycles. The zero-order chi connectivity index (χ0) is 9.97. The van der Waals surface area contributed by atoms with E-state index in [-0.39, 0.29) is 17.1 Å². The van der Waals surface area contributed by atoms with Gasteiger partial charge in [0.2, 0.25) is 0 Å². The Bertz CT molecular complexity index is 419. The van der Waals surface area contributed by atoms with Crippen molar-refractivity contribution >= 4 is 23.2 Å². The van der Waals surface area contributed by atoms with Crippen LogP contribution in [0.1, 0.15) is 0 Å². The van der Waals surface area contributed by atoms with Gasteiger partial charge in [0.05, 0.1) is 10.0 Å². The van der Waals surface area contributed by atoms with Gasteiger partial charge in [0, 0.05) is 12.4 Å². The van der Waals surface area contributed by atoms with Crippen molar-refractivity contribution in [3.05, 3.63) is 46.7 Å². The Morgan fingerprint density at radius 2 is 1.20 bits per heavy atom. The molecule has 0 saturated carbocycles. The maximum Gasteiger partial charge on any atom is 2.00 e. The topological polar surface area (TPSA) is 25.8 Å². The SMILES string of the molecule is Clc1cccnc1-c1ncccc1Cl.[Cu+2]. The Morgan fingerprint density at radius 1 is 0.800 bits per heavy atom. The van der Waals surface area contributed by atoms with Gasteiger partial charge in [-0.15, -0.1) is 0 Å². The summed E-state index contributed by atoms with van der Waals surface area (Å²) >= 11 is 11.9. The van der Waals surface area contributed by atoms with Gasteiger partial charge in [-0.3, -0.25) is 9.97 Å². The van der Waals surface area contributed by atoms with E-state index in [4.69, 9.17) is 23.2 Å². The molecule has 2 aromatic rings. The van der Waals surface area contributed by atoms with E-state index < -0.39 is 0 Å². The molecule has 0 N–H and O–H groups in total. The van der Waals surface area contributed by atoms with Crippen LogP contribution in [-0.4, -0.2) is 9.97 Å². The molecule has 0 atom stereocenters. The van der Waals surface area contributed by atoms with Gasteiger partial charge in [0.25, 0.3) is 0 Å². The number of hydrogen-bond donors (Lipinski definition) is 0. The Hall–Kier alpha value is -0.601. The third-order valence-corrected chi connectivity index (χ3v) is 2.35. The predicted octanol–water partition coefficient (Wildman–Crippen LogP) is 3.45. The van der Waals surface area contributed by atoms with E-state index in [1.807, 2.05) is 0 Å². The minimum absolute atomic E-state index is 0. The van der Waals surface area contributed by atoms with E-state index in [0.717, 1.165) is 0 Å². The number of hydrogen-bond acceptors (Lipinski definition) is 2. The minimum Gasteiger partial charge on any atom is -0.253 e. The molecule has 15 heavy (non-hydrogen) atoms. The minimum atomic E-state index is 0. The van der Waals surface area contributed by atoms with Crippen LogP contribution in [-0.2, 0) is 17.1 Å². The van der Waals surface area contributed by atoms with Gasteiger partial charge in [0.1, 0.15) is 11.4 Å². The second-order valence-corrected chi connectivity index (χ2v) is 3.48. The Balaban J connectivity index is 0.00000112. The van der Waals surface area contributed by atoms with Crippen LogP contribution in [0.4, 0.5) is 0 Å². The van der Waals surface area contributed by atoms with E-state index in [1.165, 1.54) is 0 Å². The second-order valence-electron chi connectivity index (χ2n) is 2.67. The van der Waals surface area contributed by atoms with E-state index >= 15 is 0 Å². The summed E-state index contributed by atoms with van der Waals surface area (Å²) in [4.78, 5) is 8.26. The number of nitrogens with zero attached hydrogens (tertiary/aromatic N) is 2. The molecule has 2 nitrogen and oxygen atoms in total. The van der Waals surface area contributed by atoms with Crippen molar-refractivity contribution in [2.75, 3.05) is 0 Å². The monoisotopic (exact) mass is 287 g/mol. The molecule has 2 aromatic heterocycles. The first-order valence-electron chi connectivity index (χ1n) is 4.00. The zero-order valence-corrected chi connectivity index (χ0v) is 9.87. The number of pyridine rings is 2. The van der Waals surface area contributed by atoms with Crippen molar-refractivity contribution in [1.29, 1.82) is 0 Å². The van der Waals surface area contributed by atoms with Gasteiger partial charge in [-0.2, -0.15) is 0 Å². The van der Waals surface area contributed by atoms with Crippen molar-refractivity contribution in [2.45, 2.75) is 0 Å². The first-order valence-corrected chi connectivity index (χ1v) is 4.76. The van der Waals surface area contributed by atoms with Crippen LogP contribution in [0.15, 0.2) is 36.7 Å². The predicted molar refractivity (Wildman–Crippen MR) is 57.5 cm³/mol. The molecule has 79 valence electrons. The van der Waals surface area contributed by atoms with Crippen molar-refractivity contribution in [3.63, 3.8) is 0 Å². The summed E-state index contributed by atoms with van der Waals surface area (Å²) in [5.41, 5.74) is 1.22.